The Bertz CT molecular complexity index is 521. The Labute approximate surface area is 133 Å². The fourth-order valence-corrected chi connectivity index (χ4v) is 3.03. The molecule has 0 heterocycles. The van der Waals surface area contributed by atoms with Crippen molar-refractivity contribution in [3.8, 4) is 0 Å². The third kappa shape index (κ3) is 4.10. The first-order valence-electron chi connectivity index (χ1n) is 8.20. The normalized spacial score (nSPS) is 22.8. The van der Waals surface area contributed by atoms with Gasteiger partial charge in [-0.2, -0.15) is 4.89 Å². The second-order valence-electron chi connectivity index (χ2n) is 6.96. The molecule has 0 aromatic heterocycles. The highest BCUT2D eigenvalue weighted by atomic mass is 17.2. The van der Waals surface area contributed by atoms with E-state index in [1.807, 2.05) is 26.0 Å². The van der Waals surface area contributed by atoms with Crippen molar-refractivity contribution in [3.63, 3.8) is 0 Å². The molecule has 0 spiro atoms. The van der Waals surface area contributed by atoms with Gasteiger partial charge in [-0.15, -0.1) is 0 Å². The van der Waals surface area contributed by atoms with E-state index in [0.717, 1.165) is 30.1 Å². The summed E-state index contributed by atoms with van der Waals surface area (Å²) in [5.41, 5.74) is 2.77. The predicted octanol–water partition coefficient (Wildman–Crippen LogP) is 5.02. The van der Waals surface area contributed by atoms with Gasteiger partial charge in [-0.1, -0.05) is 33.3 Å². The number of carbonyl (C=O) groups excluding carboxylic acids is 1. The van der Waals surface area contributed by atoms with Crippen LogP contribution in [0.15, 0.2) is 18.2 Å². The highest BCUT2D eigenvalue weighted by Gasteiger charge is 2.34. The van der Waals surface area contributed by atoms with Gasteiger partial charge in [0.15, 0.2) is 6.10 Å². The summed E-state index contributed by atoms with van der Waals surface area (Å²) in [5, 5.41) is 0. The summed E-state index contributed by atoms with van der Waals surface area (Å²) in [7, 11) is 0. The number of rotatable bonds is 4. The summed E-state index contributed by atoms with van der Waals surface area (Å²) in [6.45, 7) is 10.6. The molecule has 1 aromatic carbocycles. The zero-order chi connectivity index (χ0) is 16.3. The van der Waals surface area contributed by atoms with Crippen molar-refractivity contribution < 1.29 is 14.6 Å². The Balaban J connectivity index is 1.97. The lowest BCUT2D eigenvalue weighted by Crippen LogP contribution is -2.28. The first-order chi connectivity index (χ1) is 10.4. The van der Waals surface area contributed by atoms with Gasteiger partial charge in [-0.3, -0.25) is 4.89 Å². The van der Waals surface area contributed by atoms with Crippen LogP contribution < -0.4 is 0 Å². The van der Waals surface area contributed by atoms with E-state index in [1.54, 1.807) is 6.07 Å². The molecule has 0 bridgehead atoms. The molecule has 1 aliphatic rings. The first-order valence-corrected chi connectivity index (χ1v) is 8.20. The Morgan fingerprint density at radius 1 is 1.18 bits per heavy atom. The van der Waals surface area contributed by atoms with Crippen LogP contribution in [-0.2, 0) is 9.78 Å². The Hall–Kier alpha value is -1.35. The largest absolute Gasteiger partial charge is 0.373 e. The maximum atomic E-state index is 12.1. The molecule has 3 nitrogen and oxygen atoms in total. The molecule has 2 atom stereocenters. The summed E-state index contributed by atoms with van der Waals surface area (Å²) in [6, 6.07) is 5.55. The molecule has 1 fully saturated rings. The van der Waals surface area contributed by atoms with Crippen LogP contribution in [0.25, 0.3) is 0 Å². The first kappa shape index (κ1) is 17.0. The molecular formula is C19H27O3. The van der Waals surface area contributed by atoms with E-state index in [4.69, 9.17) is 9.78 Å². The molecule has 1 radical (unpaired) electrons. The number of hydrogen-bond acceptors (Lipinski definition) is 3. The van der Waals surface area contributed by atoms with Gasteiger partial charge in [0.25, 0.3) is 0 Å². The molecule has 2 unspecified atom stereocenters. The lowest BCUT2D eigenvalue weighted by atomic mass is 9.75. The number of benzene rings is 1. The smallest absolute Gasteiger partial charge is 0.292 e. The molecule has 0 aliphatic heterocycles. The summed E-state index contributed by atoms with van der Waals surface area (Å²) in [5.74, 6) is 1.05. The maximum Gasteiger partial charge on any atom is 0.373 e. The second kappa shape index (κ2) is 7.28. The monoisotopic (exact) mass is 303 g/mol. The molecule has 1 aliphatic carbocycles. The molecule has 1 saturated carbocycles. The van der Waals surface area contributed by atoms with Gasteiger partial charge in [0.1, 0.15) is 0 Å². The van der Waals surface area contributed by atoms with Crippen LogP contribution >= 0.6 is 0 Å². The molecule has 1 aromatic rings. The number of hydrogen-bond donors (Lipinski definition) is 0. The van der Waals surface area contributed by atoms with Gasteiger partial charge < -0.3 is 0 Å². The topological polar surface area (TPSA) is 35.5 Å². The molecule has 0 amide bonds. The zero-order valence-corrected chi connectivity index (χ0v) is 14.3. The molecule has 3 heteroatoms. The van der Waals surface area contributed by atoms with Gasteiger partial charge in [-0.25, -0.2) is 4.79 Å². The molecule has 2 rings (SSSR count). The summed E-state index contributed by atoms with van der Waals surface area (Å²) in [4.78, 5) is 22.7. The van der Waals surface area contributed by atoms with E-state index in [9.17, 15) is 4.79 Å². The molecular weight excluding hydrogens is 276 g/mol. The van der Waals surface area contributed by atoms with Gasteiger partial charge in [0.05, 0.1) is 5.56 Å². The van der Waals surface area contributed by atoms with E-state index in [-0.39, 0.29) is 0 Å². The van der Waals surface area contributed by atoms with E-state index in [2.05, 4.69) is 20.8 Å². The fraction of sp³-hybridized carbons (Fsp3) is 0.579. The zero-order valence-electron chi connectivity index (χ0n) is 14.3. The average Bonchev–Trinajstić information content (AvgIpc) is 2.47. The number of aryl methyl sites for hydroxylation is 2. The van der Waals surface area contributed by atoms with Crippen LogP contribution in [0.4, 0.5) is 0 Å². The van der Waals surface area contributed by atoms with Gasteiger partial charge in [0.2, 0.25) is 0 Å². The minimum Gasteiger partial charge on any atom is -0.292 e. The Morgan fingerprint density at radius 3 is 2.55 bits per heavy atom. The highest BCUT2D eigenvalue weighted by molar-refractivity contribution is 5.89. The van der Waals surface area contributed by atoms with Crippen molar-refractivity contribution in [2.45, 2.75) is 53.9 Å². The predicted molar refractivity (Wildman–Crippen MR) is 87.0 cm³/mol. The number of carbonyl (C=O) groups is 1. The van der Waals surface area contributed by atoms with Gasteiger partial charge in [0, 0.05) is 0 Å². The summed E-state index contributed by atoms with van der Waals surface area (Å²) < 4.78 is 0. The molecule has 22 heavy (non-hydrogen) atoms. The van der Waals surface area contributed by atoms with Crippen LogP contribution in [0.1, 0.15) is 61.5 Å². The standard InChI is InChI=1S/C19H27O3/c1-12(2)17-9-6-13(3)10-18(17)21-22-19(20)16-8-7-14(4)15(5)11-16/h7-8,11-13,17H,6,9-10H2,1-5H3. The van der Waals surface area contributed by atoms with Crippen molar-refractivity contribution in [3.05, 3.63) is 41.0 Å². The third-order valence-electron chi connectivity index (χ3n) is 4.71. The van der Waals surface area contributed by atoms with Crippen molar-refractivity contribution in [2.24, 2.45) is 17.8 Å². The third-order valence-corrected chi connectivity index (χ3v) is 4.71. The van der Waals surface area contributed by atoms with Crippen LogP contribution in [0.3, 0.4) is 0 Å². The highest BCUT2D eigenvalue weighted by Crippen LogP contribution is 2.40. The minimum absolute atomic E-state index is 0.378. The van der Waals surface area contributed by atoms with E-state index in [1.165, 1.54) is 6.42 Å². The lowest BCUT2D eigenvalue weighted by Gasteiger charge is -2.34. The van der Waals surface area contributed by atoms with E-state index in [0.29, 0.717) is 23.3 Å². The van der Waals surface area contributed by atoms with E-state index >= 15 is 0 Å². The molecule has 0 saturated heterocycles. The Morgan fingerprint density at radius 2 is 1.91 bits per heavy atom. The van der Waals surface area contributed by atoms with Gasteiger partial charge in [-0.05, 0) is 67.7 Å². The summed E-state index contributed by atoms with van der Waals surface area (Å²) >= 11 is 0. The Kier molecular flexibility index (Phi) is 5.63. The second-order valence-corrected chi connectivity index (χ2v) is 6.96. The van der Waals surface area contributed by atoms with Gasteiger partial charge >= 0.3 is 5.97 Å². The lowest BCUT2D eigenvalue weighted by molar-refractivity contribution is -0.251. The van der Waals surface area contributed by atoms with Crippen molar-refractivity contribution in [1.29, 1.82) is 0 Å². The van der Waals surface area contributed by atoms with E-state index < -0.39 is 5.97 Å². The molecule has 121 valence electrons. The SMILES string of the molecule is Cc1ccc(C(=O)OO[C]2CC(C)CCC2C(C)C)cc1C. The minimum atomic E-state index is -0.420. The van der Waals surface area contributed by atoms with Crippen LogP contribution in [-0.4, -0.2) is 5.97 Å². The van der Waals surface area contributed by atoms with Crippen molar-refractivity contribution in [1.82, 2.24) is 0 Å². The van der Waals surface area contributed by atoms with Crippen molar-refractivity contribution in [2.75, 3.05) is 0 Å². The van der Waals surface area contributed by atoms with Crippen LogP contribution in [0.5, 0.6) is 0 Å². The average molecular weight is 303 g/mol. The quantitative estimate of drug-likeness (QED) is 0.579. The molecule has 0 N–H and O–H groups in total. The van der Waals surface area contributed by atoms with Crippen molar-refractivity contribution >= 4 is 5.97 Å². The summed E-state index contributed by atoms with van der Waals surface area (Å²) in [6.07, 6.45) is 4.12. The van der Waals surface area contributed by atoms with Crippen LogP contribution in [0.2, 0.25) is 0 Å². The van der Waals surface area contributed by atoms with Crippen LogP contribution in [0, 0.1) is 37.7 Å². The maximum absolute atomic E-state index is 12.1. The fourth-order valence-electron chi connectivity index (χ4n) is 3.03.